The highest BCUT2D eigenvalue weighted by Crippen LogP contribution is 2.26. The van der Waals surface area contributed by atoms with Crippen LogP contribution in [-0.4, -0.2) is 30.7 Å². The SMILES string of the molecule is CS(=O)(=O)c1ccccc1CN1CCn2c(cc3cc(F)ccc32)C1. The molecule has 1 aliphatic heterocycles. The second kappa shape index (κ2) is 5.97. The first-order valence-corrected chi connectivity index (χ1v) is 10.1. The fourth-order valence-corrected chi connectivity index (χ4v) is 4.55. The predicted octanol–water partition coefficient (Wildman–Crippen LogP) is 3.20. The Morgan fingerprint density at radius 3 is 2.68 bits per heavy atom. The summed E-state index contributed by atoms with van der Waals surface area (Å²) in [4.78, 5) is 2.62. The molecule has 0 saturated heterocycles. The number of nitrogens with zero attached hydrogens (tertiary/aromatic N) is 2. The van der Waals surface area contributed by atoms with Gasteiger partial charge in [0.25, 0.3) is 0 Å². The number of aromatic nitrogens is 1. The zero-order chi connectivity index (χ0) is 17.6. The van der Waals surface area contributed by atoms with Gasteiger partial charge in [-0.2, -0.15) is 0 Å². The molecule has 6 heteroatoms. The molecular formula is C19H19FN2O2S. The number of hydrogen-bond donors (Lipinski definition) is 0. The quantitative estimate of drug-likeness (QED) is 0.722. The molecule has 0 N–H and O–H groups in total. The lowest BCUT2D eigenvalue weighted by Gasteiger charge is -2.29. The van der Waals surface area contributed by atoms with Crippen molar-refractivity contribution >= 4 is 20.7 Å². The molecule has 2 heterocycles. The molecule has 1 aliphatic rings. The molecule has 0 saturated carbocycles. The van der Waals surface area contributed by atoms with Gasteiger partial charge in [-0.05, 0) is 35.9 Å². The molecule has 0 fully saturated rings. The van der Waals surface area contributed by atoms with E-state index in [1.165, 1.54) is 12.3 Å². The zero-order valence-electron chi connectivity index (χ0n) is 13.9. The summed E-state index contributed by atoms with van der Waals surface area (Å²) in [7, 11) is -3.24. The van der Waals surface area contributed by atoms with Gasteiger partial charge in [-0.3, -0.25) is 4.90 Å². The van der Waals surface area contributed by atoms with E-state index in [2.05, 4.69) is 9.47 Å². The van der Waals surface area contributed by atoms with Crippen molar-refractivity contribution in [3.8, 4) is 0 Å². The molecule has 25 heavy (non-hydrogen) atoms. The summed E-state index contributed by atoms with van der Waals surface area (Å²) in [5.74, 6) is -0.227. The maximum atomic E-state index is 13.4. The highest BCUT2D eigenvalue weighted by molar-refractivity contribution is 7.90. The highest BCUT2D eigenvalue weighted by atomic mass is 32.2. The Bertz CT molecular complexity index is 1060. The van der Waals surface area contributed by atoms with Crippen LogP contribution in [0.25, 0.3) is 10.9 Å². The van der Waals surface area contributed by atoms with Crippen molar-refractivity contribution in [1.29, 1.82) is 0 Å². The van der Waals surface area contributed by atoms with Crippen LogP contribution in [0.5, 0.6) is 0 Å². The van der Waals surface area contributed by atoms with E-state index in [0.717, 1.165) is 35.2 Å². The topological polar surface area (TPSA) is 42.3 Å². The van der Waals surface area contributed by atoms with Gasteiger partial charge >= 0.3 is 0 Å². The standard InChI is InChI=1S/C19H19FN2O2S/c1-25(23,24)19-5-3-2-4-14(19)12-21-8-9-22-17(13-21)11-15-10-16(20)6-7-18(15)22/h2-7,10-11H,8-9,12-13H2,1H3. The van der Waals surface area contributed by atoms with Crippen LogP contribution in [-0.2, 0) is 29.5 Å². The van der Waals surface area contributed by atoms with Gasteiger partial charge in [-0.25, -0.2) is 12.8 Å². The average molecular weight is 358 g/mol. The Balaban J connectivity index is 1.63. The van der Waals surface area contributed by atoms with Crippen molar-refractivity contribution in [1.82, 2.24) is 9.47 Å². The van der Waals surface area contributed by atoms with Crippen LogP contribution >= 0.6 is 0 Å². The van der Waals surface area contributed by atoms with Crippen LogP contribution in [0.4, 0.5) is 4.39 Å². The smallest absolute Gasteiger partial charge is 0.175 e. The van der Waals surface area contributed by atoms with E-state index >= 15 is 0 Å². The Labute approximate surface area is 146 Å². The van der Waals surface area contributed by atoms with Gasteiger partial charge in [-0.1, -0.05) is 18.2 Å². The van der Waals surface area contributed by atoms with Gasteiger partial charge in [0, 0.05) is 49.0 Å². The third kappa shape index (κ3) is 3.07. The van der Waals surface area contributed by atoms with Gasteiger partial charge in [0.05, 0.1) is 4.90 Å². The highest BCUT2D eigenvalue weighted by Gasteiger charge is 2.21. The fourth-order valence-electron chi connectivity index (χ4n) is 3.62. The van der Waals surface area contributed by atoms with Gasteiger partial charge in [-0.15, -0.1) is 0 Å². The average Bonchev–Trinajstić information content (AvgIpc) is 2.90. The molecule has 1 aromatic heterocycles. The molecule has 0 bridgehead atoms. The van der Waals surface area contributed by atoms with E-state index in [4.69, 9.17) is 0 Å². The Morgan fingerprint density at radius 1 is 1.08 bits per heavy atom. The number of benzene rings is 2. The summed E-state index contributed by atoms with van der Waals surface area (Å²) in [6.07, 6.45) is 1.24. The summed E-state index contributed by atoms with van der Waals surface area (Å²) >= 11 is 0. The summed E-state index contributed by atoms with van der Waals surface area (Å²) < 4.78 is 39.6. The number of halogens is 1. The van der Waals surface area contributed by atoms with Crippen molar-refractivity contribution in [2.45, 2.75) is 24.5 Å². The lowest BCUT2D eigenvalue weighted by molar-refractivity contribution is 0.213. The summed E-state index contributed by atoms with van der Waals surface area (Å²) in [5, 5.41) is 0.911. The lowest BCUT2D eigenvalue weighted by Crippen LogP contribution is -2.33. The Kier molecular flexibility index (Phi) is 3.89. The van der Waals surface area contributed by atoms with E-state index in [-0.39, 0.29) is 5.82 Å². The van der Waals surface area contributed by atoms with Crippen molar-refractivity contribution in [2.75, 3.05) is 12.8 Å². The minimum atomic E-state index is -3.24. The third-order valence-corrected chi connectivity index (χ3v) is 5.94. The van der Waals surface area contributed by atoms with E-state index in [1.807, 2.05) is 24.3 Å². The van der Waals surface area contributed by atoms with Gasteiger partial charge < -0.3 is 4.57 Å². The lowest BCUT2D eigenvalue weighted by atomic mass is 10.2. The first-order valence-electron chi connectivity index (χ1n) is 8.20. The normalized spacial score (nSPS) is 15.4. The van der Waals surface area contributed by atoms with Gasteiger partial charge in [0.1, 0.15) is 5.82 Å². The van der Waals surface area contributed by atoms with E-state index in [9.17, 15) is 12.8 Å². The summed E-state index contributed by atoms with van der Waals surface area (Å²) in [6, 6.07) is 14.0. The van der Waals surface area contributed by atoms with Crippen LogP contribution in [0.2, 0.25) is 0 Å². The maximum Gasteiger partial charge on any atom is 0.175 e. The number of fused-ring (bicyclic) bond motifs is 3. The zero-order valence-corrected chi connectivity index (χ0v) is 14.8. The molecule has 0 atom stereocenters. The molecule has 0 amide bonds. The molecule has 4 rings (SSSR count). The minimum absolute atomic E-state index is 0.227. The largest absolute Gasteiger partial charge is 0.342 e. The van der Waals surface area contributed by atoms with E-state index in [1.54, 1.807) is 18.2 Å². The van der Waals surface area contributed by atoms with Crippen LogP contribution < -0.4 is 0 Å². The number of sulfone groups is 1. The number of hydrogen-bond acceptors (Lipinski definition) is 3. The molecule has 130 valence electrons. The van der Waals surface area contributed by atoms with E-state index < -0.39 is 9.84 Å². The molecule has 0 unspecified atom stereocenters. The molecule has 0 spiro atoms. The summed E-state index contributed by atoms with van der Waals surface area (Å²) in [5.41, 5.74) is 3.00. The first-order chi connectivity index (χ1) is 11.9. The molecule has 2 aromatic carbocycles. The van der Waals surface area contributed by atoms with E-state index in [0.29, 0.717) is 18.0 Å². The Morgan fingerprint density at radius 2 is 1.88 bits per heavy atom. The van der Waals surface area contributed by atoms with Gasteiger partial charge in [0.2, 0.25) is 0 Å². The maximum absolute atomic E-state index is 13.4. The molecule has 0 radical (unpaired) electrons. The fraction of sp³-hybridized carbons (Fsp3) is 0.263. The first kappa shape index (κ1) is 16.3. The van der Waals surface area contributed by atoms with Crippen molar-refractivity contribution in [3.05, 3.63) is 65.6 Å². The van der Waals surface area contributed by atoms with Crippen molar-refractivity contribution in [2.24, 2.45) is 0 Å². The number of rotatable bonds is 3. The van der Waals surface area contributed by atoms with Crippen LogP contribution in [0.1, 0.15) is 11.3 Å². The van der Waals surface area contributed by atoms with Gasteiger partial charge in [0.15, 0.2) is 9.84 Å². The van der Waals surface area contributed by atoms with Crippen molar-refractivity contribution in [3.63, 3.8) is 0 Å². The Hall–Kier alpha value is -2.18. The second-order valence-corrected chi connectivity index (χ2v) is 8.57. The molecule has 3 aromatic rings. The third-order valence-electron chi connectivity index (χ3n) is 4.74. The van der Waals surface area contributed by atoms with Crippen LogP contribution in [0.3, 0.4) is 0 Å². The van der Waals surface area contributed by atoms with Crippen LogP contribution in [0.15, 0.2) is 53.4 Å². The minimum Gasteiger partial charge on any atom is -0.342 e. The monoisotopic (exact) mass is 358 g/mol. The van der Waals surface area contributed by atoms with Crippen LogP contribution in [0, 0.1) is 5.82 Å². The molecular weight excluding hydrogens is 339 g/mol. The molecule has 4 nitrogen and oxygen atoms in total. The van der Waals surface area contributed by atoms with Crippen molar-refractivity contribution < 1.29 is 12.8 Å². The predicted molar refractivity (Wildman–Crippen MR) is 95.6 cm³/mol. The second-order valence-electron chi connectivity index (χ2n) is 6.58. The summed E-state index contributed by atoms with van der Waals surface area (Å²) in [6.45, 7) is 2.94. The molecule has 0 aliphatic carbocycles.